The molecule has 4 heteroatoms. The lowest BCUT2D eigenvalue weighted by molar-refractivity contribution is -0.121. The molecule has 1 amide bonds. The van der Waals surface area contributed by atoms with E-state index >= 15 is 0 Å². The molecular weight excluding hydrogens is 300 g/mol. The van der Waals surface area contributed by atoms with Crippen LogP contribution in [-0.2, 0) is 24.3 Å². The first-order valence-corrected chi connectivity index (χ1v) is 8.19. The molecule has 0 bridgehead atoms. The van der Waals surface area contributed by atoms with Gasteiger partial charge in [0.2, 0.25) is 5.91 Å². The summed E-state index contributed by atoms with van der Waals surface area (Å²) >= 11 is 0. The Labute approximate surface area is 144 Å². The van der Waals surface area contributed by atoms with Gasteiger partial charge in [-0.05, 0) is 49.3 Å². The quantitative estimate of drug-likeness (QED) is 0.811. The van der Waals surface area contributed by atoms with Crippen LogP contribution in [0.25, 0.3) is 0 Å². The molecule has 0 unspecified atom stereocenters. The van der Waals surface area contributed by atoms with Crippen LogP contribution in [0.1, 0.15) is 23.1 Å². The first kappa shape index (κ1) is 18.0. The number of aryl methyl sites for hydroxylation is 1. The SMILES string of the molecule is COc1cccc(CCC(=O)NCc2ccc(CN(C)C)cc2)c1. The maximum atomic E-state index is 12.0. The molecule has 0 aliphatic heterocycles. The van der Waals surface area contributed by atoms with Gasteiger partial charge < -0.3 is 15.0 Å². The fourth-order valence-corrected chi connectivity index (χ4v) is 2.50. The Morgan fingerprint density at radius 2 is 1.75 bits per heavy atom. The number of carbonyl (C=O) groups excluding carboxylic acids is 1. The smallest absolute Gasteiger partial charge is 0.220 e. The predicted molar refractivity (Wildman–Crippen MR) is 97.0 cm³/mol. The van der Waals surface area contributed by atoms with Crippen molar-refractivity contribution in [3.8, 4) is 5.75 Å². The second kappa shape index (κ2) is 9.08. The van der Waals surface area contributed by atoms with E-state index in [4.69, 9.17) is 4.74 Å². The summed E-state index contributed by atoms with van der Waals surface area (Å²) in [7, 11) is 5.75. The average Bonchev–Trinajstić information content (AvgIpc) is 2.59. The molecule has 24 heavy (non-hydrogen) atoms. The van der Waals surface area contributed by atoms with Gasteiger partial charge in [-0.25, -0.2) is 0 Å². The Hall–Kier alpha value is -2.33. The lowest BCUT2D eigenvalue weighted by Crippen LogP contribution is -2.23. The van der Waals surface area contributed by atoms with Gasteiger partial charge in [0.1, 0.15) is 5.75 Å². The van der Waals surface area contributed by atoms with Crippen LogP contribution in [0, 0.1) is 0 Å². The van der Waals surface area contributed by atoms with Gasteiger partial charge in [-0.15, -0.1) is 0 Å². The molecule has 0 aromatic heterocycles. The minimum Gasteiger partial charge on any atom is -0.497 e. The number of rotatable bonds is 8. The van der Waals surface area contributed by atoms with Crippen LogP contribution >= 0.6 is 0 Å². The molecule has 0 radical (unpaired) electrons. The van der Waals surface area contributed by atoms with Crippen LogP contribution in [0.3, 0.4) is 0 Å². The molecular formula is C20H26N2O2. The molecule has 0 atom stereocenters. The van der Waals surface area contributed by atoms with E-state index in [9.17, 15) is 4.79 Å². The summed E-state index contributed by atoms with van der Waals surface area (Å²) in [5.41, 5.74) is 3.50. The van der Waals surface area contributed by atoms with E-state index in [1.165, 1.54) is 5.56 Å². The van der Waals surface area contributed by atoms with Crippen molar-refractivity contribution in [3.63, 3.8) is 0 Å². The number of nitrogens with zero attached hydrogens (tertiary/aromatic N) is 1. The summed E-state index contributed by atoms with van der Waals surface area (Å²) in [6.07, 6.45) is 1.19. The Bertz CT molecular complexity index is 651. The number of hydrogen-bond acceptors (Lipinski definition) is 3. The van der Waals surface area contributed by atoms with Crippen LogP contribution in [0.5, 0.6) is 5.75 Å². The zero-order chi connectivity index (χ0) is 17.4. The third kappa shape index (κ3) is 6.05. The normalized spacial score (nSPS) is 10.7. The maximum absolute atomic E-state index is 12.0. The third-order valence-electron chi connectivity index (χ3n) is 3.79. The molecule has 0 aliphatic rings. The highest BCUT2D eigenvalue weighted by atomic mass is 16.5. The Kier molecular flexibility index (Phi) is 6.82. The van der Waals surface area contributed by atoms with Crippen LogP contribution < -0.4 is 10.1 Å². The summed E-state index contributed by atoms with van der Waals surface area (Å²) in [5.74, 6) is 0.890. The van der Waals surface area contributed by atoms with Crippen molar-refractivity contribution in [2.45, 2.75) is 25.9 Å². The van der Waals surface area contributed by atoms with E-state index in [0.717, 1.165) is 23.4 Å². The lowest BCUT2D eigenvalue weighted by Gasteiger charge is -2.10. The number of benzene rings is 2. The second-order valence-corrected chi connectivity index (χ2v) is 6.18. The molecule has 2 aromatic carbocycles. The molecule has 0 heterocycles. The van der Waals surface area contributed by atoms with Gasteiger partial charge in [0.25, 0.3) is 0 Å². The Balaban J connectivity index is 1.76. The third-order valence-corrected chi connectivity index (χ3v) is 3.79. The highest BCUT2D eigenvalue weighted by Gasteiger charge is 2.04. The summed E-state index contributed by atoms with van der Waals surface area (Å²) in [6, 6.07) is 16.2. The molecule has 0 saturated heterocycles. The minimum atomic E-state index is 0.0650. The summed E-state index contributed by atoms with van der Waals surface area (Å²) in [4.78, 5) is 14.1. The Morgan fingerprint density at radius 3 is 2.42 bits per heavy atom. The van der Waals surface area contributed by atoms with Crippen molar-refractivity contribution in [1.82, 2.24) is 10.2 Å². The van der Waals surface area contributed by atoms with Crippen molar-refractivity contribution in [1.29, 1.82) is 0 Å². The molecule has 0 fully saturated rings. The van der Waals surface area contributed by atoms with Gasteiger partial charge in [0.05, 0.1) is 7.11 Å². The van der Waals surface area contributed by atoms with Gasteiger partial charge in [-0.1, -0.05) is 36.4 Å². The summed E-state index contributed by atoms with van der Waals surface area (Å²) in [6.45, 7) is 1.49. The average molecular weight is 326 g/mol. The molecule has 128 valence electrons. The zero-order valence-corrected chi connectivity index (χ0v) is 14.7. The van der Waals surface area contributed by atoms with Crippen LogP contribution in [0.15, 0.2) is 48.5 Å². The number of nitrogens with one attached hydrogen (secondary N) is 1. The number of hydrogen-bond donors (Lipinski definition) is 1. The van der Waals surface area contributed by atoms with Crippen molar-refractivity contribution in [2.24, 2.45) is 0 Å². The van der Waals surface area contributed by atoms with Crippen LogP contribution in [0.2, 0.25) is 0 Å². The van der Waals surface area contributed by atoms with Gasteiger partial charge in [-0.2, -0.15) is 0 Å². The first-order chi connectivity index (χ1) is 11.6. The standard InChI is InChI=1S/C20H26N2O2/c1-22(2)15-18-9-7-17(8-10-18)14-21-20(23)12-11-16-5-4-6-19(13-16)24-3/h4-10,13H,11-12,14-15H2,1-3H3,(H,21,23). The fraction of sp³-hybridized carbons (Fsp3) is 0.350. The van der Waals surface area contributed by atoms with Gasteiger partial charge in [0, 0.05) is 19.5 Å². The van der Waals surface area contributed by atoms with E-state index < -0.39 is 0 Å². The van der Waals surface area contributed by atoms with E-state index in [1.54, 1.807) is 7.11 Å². The zero-order valence-electron chi connectivity index (χ0n) is 14.7. The number of ether oxygens (including phenoxy) is 1. The van der Waals surface area contributed by atoms with Crippen molar-refractivity contribution < 1.29 is 9.53 Å². The van der Waals surface area contributed by atoms with Crippen molar-refractivity contribution >= 4 is 5.91 Å². The Morgan fingerprint density at radius 1 is 1.04 bits per heavy atom. The molecule has 2 rings (SSSR count). The second-order valence-electron chi connectivity index (χ2n) is 6.18. The summed E-state index contributed by atoms with van der Waals surface area (Å²) < 4.78 is 5.20. The highest BCUT2D eigenvalue weighted by molar-refractivity contribution is 5.76. The maximum Gasteiger partial charge on any atom is 0.220 e. The van der Waals surface area contributed by atoms with E-state index in [0.29, 0.717) is 19.4 Å². The fourth-order valence-electron chi connectivity index (χ4n) is 2.50. The van der Waals surface area contributed by atoms with Gasteiger partial charge in [-0.3, -0.25) is 4.79 Å². The predicted octanol–water partition coefficient (Wildman–Crippen LogP) is 3.01. The monoisotopic (exact) mass is 326 g/mol. The number of amides is 1. The lowest BCUT2D eigenvalue weighted by atomic mass is 10.1. The number of methoxy groups -OCH3 is 1. The van der Waals surface area contributed by atoms with Crippen molar-refractivity contribution in [3.05, 3.63) is 65.2 Å². The molecule has 4 nitrogen and oxygen atoms in total. The molecule has 0 spiro atoms. The molecule has 2 aromatic rings. The van der Waals surface area contributed by atoms with Crippen LogP contribution in [0.4, 0.5) is 0 Å². The molecule has 0 saturated carbocycles. The van der Waals surface area contributed by atoms with E-state index in [1.807, 2.05) is 24.3 Å². The molecule has 0 aliphatic carbocycles. The van der Waals surface area contributed by atoms with E-state index in [-0.39, 0.29) is 5.91 Å². The summed E-state index contributed by atoms with van der Waals surface area (Å²) in [5, 5.41) is 2.98. The van der Waals surface area contributed by atoms with E-state index in [2.05, 4.69) is 48.6 Å². The molecule has 1 N–H and O–H groups in total. The van der Waals surface area contributed by atoms with Crippen molar-refractivity contribution in [2.75, 3.05) is 21.2 Å². The van der Waals surface area contributed by atoms with Gasteiger partial charge >= 0.3 is 0 Å². The van der Waals surface area contributed by atoms with Crippen LogP contribution in [-0.4, -0.2) is 32.0 Å². The topological polar surface area (TPSA) is 41.6 Å². The number of carbonyl (C=O) groups is 1. The largest absolute Gasteiger partial charge is 0.497 e. The first-order valence-electron chi connectivity index (χ1n) is 8.19. The minimum absolute atomic E-state index is 0.0650. The van der Waals surface area contributed by atoms with Gasteiger partial charge in [0.15, 0.2) is 0 Å². The highest BCUT2D eigenvalue weighted by Crippen LogP contribution is 2.14.